The van der Waals surface area contributed by atoms with Gasteiger partial charge in [0, 0.05) is 22.8 Å². The summed E-state index contributed by atoms with van der Waals surface area (Å²) < 4.78 is 0. The molecule has 6 aliphatic carbocycles. The summed E-state index contributed by atoms with van der Waals surface area (Å²) in [7, 11) is 0. The molecule has 52 heavy (non-hydrogen) atoms. The molecule has 6 heteroatoms. The lowest BCUT2D eigenvalue weighted by molar-refractivity contribution is 0.298. The number of hydrazine groups is 1. The van der Waals surface area contributed by atoms with Crippen molar-refractivity contribution in [2.24, 2.45) is 23.7 Å². The molecule has 0 spiro atoms. The number of nitrogens with zero attached hydrogens (tertiary/aromatic N) is 4. The molecule has 5 heterocycles. The molecule has 2 saturated carbocycles. The molecule has 0 radical (unpaired) electrons. The SMILES string of the molecule is Cc1cccc(C)c1N1C2=C(B3c4c1ccc1c4N4c5c(ccc6c5B(C5=C(C7CCC5CC7)N6c5c(C)cccc5C)N34)CC1)C1CCC2CC1. The van der Waals surface area contributed by atoms with Gasteiger partial charge in [0.05, 0.1) is 22.7 Å². The van der Waals surface area contributed by atoms with Crippen LogP contribution in [0, 0.1) is 51.4 Å². The highest BCUT2D eigenvalue weighted by Gasteiger charge is 2.64. The predicted molar refractivity (Wildman–Crippen MR) is 216 cm³/mol. The van der Waals surface area contributed by atoms with Gasteiger partial charge in [0.25, 0.3) is 0 Å². The van der Waals surface area contributed by atoms with E-state index < -0.39 is 0 Å². The van der Waals surface area contributed by atoms with Crippen LogP contribution in [0.2, 0.25) is 0 Å². The molecule has 4 bridgehead atoms. The molecule has 4 nitrogen and oxygen atoms in total. The summed E-state index contributed by atoms with van der Waals surface area (Å²) in [6.45, 7) is 10.0. The molecule has 15 rings (SSSR count). The van der Waals surface area contributed by atoms with Crippen LogP contribution in [0.5, 0.6) is 0 Å². The molecule has 0 N–H and O–H groups in total. The summed E-state index contributed by atoms with van der Waals surface area (Å²) in [5.41, 5.74) is 27.8. The molecule has 0 amide bonds. The van der Waals surface area contributed by atoms with Crippen LogP contribution in [0.4, 0.5) is 34.1 Å². The zero-order valence-electron chi connectivity index (χ0n) is 31.1. The van der Waals surface area contributed by atoms with Crippen molar-refractivity contribution in [2.75, 3.05) is 14.8 Å². The fourth-order valence-corrected chi connectivity index (χ4v) is 13.6. The maximum absolute atomic E-state index is 3.04. The Morgan fingerprint density at radius 1 is 0.462 bits per heavy atom. The standard InChI is InChI=1S/C46H46B2N4/c1-25-7-5-8-26(2)41(25)49-35-23-21-33-19-20-34-22-24-36-40-46(34)51-45(33)39(35)47(37-29-11-15-31(16-12-29)43(37)49)52(51)48(40)38-30-13-17-32(18-14-30)44(38)50(36)42-27(3)9-6-10-28(42)4/h5-10,21-24,29-32H,11-20H2,1-4H3. The molecule has 0 aromatic heterocycles. The molecular weight excluding hydrogens is 630 g/mol. The van der Waals surface area contributed by atoms with E-state index in [0.29, 0.717) is 37.4 Å². The smallest absolute Gasteiger partial charge is 0.302 e. The van der Waals surface area contributed by atoms with Crippen molar-refractivity contribution in [1.82, 2.24) is 4.83 Å². The van der Waals surface area contributed by atoms with E-state index in [4.69, 9.17) is 0 Å². The van der Waals surface area contributed by atoms with Crippen molar-refractivity contribution in [1.29, 1.82) is 0 Å². The molecule has 5 aliphatic heterocycles. The minimum Gasteiger partial charge on any atom is -0.315 e. The number of hydrogen-bond acceptors (Lipinski definition) is 4. The van der Waals surface area contributed by atoms with Crippen LogP contribution in [0.25, 0.3) is 0 Å². The summed E-state index contributed by atoms with van der Waals surface area (Å²) in [6.07, 6.45) is 13.0. The Kier molecular flexibility index (Phi) is 5.57. The third kappa shape index (κ3) is 3.31. The Morgan fingerprint density at radius 3 is 1.25 bits per heavy atom. The third-order valence-corrected chi connectivity index (χ3v) is 15.5. The van der Waals surface area contributed by atoms with E-state index in [1.54, 1.807) is 44.4 Å². The number of benzene rings is 4. The van der Waals surface area contributed by atoms with Gasteiger partial charge in [0.2, 0.25) is 0 Å². The average Bonchev–Trinajstić information content (AvgIpc) is 3.63. The van der Waals surface area contributed by atoms with Crippen molar-refractivity contribution < 1.29 is 0 Å². The number of allylic oxidation sites excluding steroid dienone is 4. The summed E-state index contributed by atoms with van der Waals surface area (Å²) in [5, 5.41) is 2.87. The zero-order valence-corrected chi connectivity index (χ0v) is 31.1. The molecule has 11 aliphatic rings. The van der Waals surface area contributed by atoms with E-state index in [0.717, 1.165) is 12.8 Å². The normalized spacial score (nSPS) is 26.8. The number of fused-ring (bicyclic) bond motifs is 6. The van der Waals surface area contributed by atoms with E-state index in [9.17, 15) is 0 Å². The Balaban J connectivity index is 1.14. The summed E-state index contributed by atoms with van der Waals surface area (Å²) in [5.74, 6) is 2.61. The molecular formula is C46H46B2N4. The van der Waals surface area contributed by atoms with Crippen molar-refractivity contribution in [3.05, 3.63) is 116 Å². The van der Waals surface area contributed by atoms with Gasteiger partial charge in [-0.25, -0.2) is 0 Å². The van der Waals surface area contributed by atoms with Crippen LogP contribution in [0.15, 0.2) is 83.0 Å². The number of anilines is 6. The molecule has 0 saturated heterocycles. The maximum atomic E-state index is 3.04. The second-order valence-corrected chi connectivity index (χ2v) is 17.9. The summed E-state index contributed by atoms with van der Waals surface area (Å²) in [6, 6.07) is 24.1. The van der Waals surface area contributed by atoms with E-state index in [1.807, 2.05) is 0 Å². The fourth-order valence-electron chi connectivity index (χ4n) is 13.6. The van der Waals surface area contributed by atoms with E-state index >= 15 is 0 Å². The van der Waals surface area contributed by atoms with Gasteiger partial charge >= 0.3 is 13.7 Å². The highest BCUT2D eigenvalue weighted by Crippen LogP contribution is 2.62. The van der Waals surface area contributed by atoms with Crippen LogP contribution in [0.3, 0.4) is 0 Å². The summed E-state index contributed by atoms with van der Waals surface area (Å²) >= 11 is 0. The molecule has 4 aromatic carbocycles. The Morgan fingerprint density at radius 2 is 0.846 bits per heavy atom. The number of aryl methyl sites for hydroxylation is 6. The molecule has 256 valence electrons. The quantitative estimate of drug-likeness (QED) is 0.196. The molecule has 4 aromatic rings. The fraction of sp³-hybridized carbons (Fsp3) is 0.391. The van der Waals surface area contributed by atoms with Crippen molar-refractivity contribution in [2.45, 2.75) is 91.9 Å². The number of para-hydroxylation sites is 2. The Bertz CT molecular complexity index is 2190. The molecule has 2 fully saturated rings. The zero-order chi connectivity index (χ0) is 34.3. The first-order valence-electron chi connectivity index (χ1n) is 20.6. The first kappa shape index (κ1) is 29.3. The highest BCUT2D eigenvalue weighted by molar-refractivity contribution is 6.97. The molecule has 0 unspecified atom stereocenters. The monoisotopic (exact) mass is 676 g/mol. The van der Waals surface area contributed by atoms with Crippen LogP contribution >= 0.6 is 0 Å². The number of hydrogen-bond donors (Lipinski definition) is 0. The lowest BCUT2D eigenvalue weighted by Crippen LogP contribution is -2.64. The second kappa shape index (κ2) is 9.88. The van der Waals surface area contributed by atoms with Crippen LogP contribution in [-0.4, -0.2) is 18.5 Å². The van der Waals surface area contributed by atoms with Crippen LogP contribution < -0.4 is 25.7 Å². The minimum absolute atomic E-state index is 0.311. The van der Waals surface area contributed by atoms with Gasteiger partial charge in [-0.15, -0.1) is 0 Å². The Hall–Kier alpha value is -4.15. The van der Waals surface area contributed by atoms with Crippen LogP contribution in [0.1, 0.15) is 84.7 Å². The second-order valence-electron chi connectivity index (χ2n) is 17.9. The lowest BCUT2D eigenvalue weighted by Gasteiger charge is -2.53. The van der Waals surface area contributed by atoms with E-state index in [2.05, 4.69) is 108 Å². The predicted octanol–water partition coefficient (Wildman–Crippen LogP) is 9.33. The van der Waals surface area contributed by atoms with Gasteiger partial charge < -0.3 is 9.80 Å². The largest absolute Gasteiger partial charge is 0.315 e. The summed E-state index contributed by atoms with van der Waals surface area (Å²) in [4.78, 5) is 8.69. The third-order valence-electron chi connectivity index (χ3n) is 15.5. The van der Waals surface area contributed by atoms with Gasteiger partial charge in [0.15, 0.2) is 0 Å². The maximum Gasteiger partial charge on any atom is 0.302 e. The van der Waals surface area contributed by atoms with E-state index in [-0.39, 0.29) is 0 Å². The lowest BCUT2D eigenvalue weighted by atomic mass is 9.32. The topological polar surface area (TPSA) is 13.0 Å². The highest BCUT2D eigenvalue weighted by atomic mass is 15.6. The van der Waals surface area contributed by atoms with Crippen LogP contribution in [-0.2, 0) is 12.8 Å². The molecule has 0 atom stereocenters. The first-order chi connectivity index (χ1) is 25.5. The average molecular weight is 677 g/mol. The minimum atomic E-state index is 0.311. The Labute approximate surface area is 309 Å². The van der Waals surface area contributed by atoms with Gasteiger partial charge in [-0.3, -0.25) is 9.84 Å². The van der Waals surface area contributed by atoms with Gasteiger partial charge in [-0.1, -0.05) is 59.5 Å². The van der Waals surface area contributed by atoms with Gasteiger partial charge in [0.1, 0.15) is 0 Å². The number of rotatable bonds is 2. The van der Waals surface area contributed by atoms with Crippen molar-refractivity contribution in [3.8, 4) is 0 Å². The van der Waals surface area contributed by atoms with Crippen molar-refractivity contribution >= 4 is 58.7 Å². The van der Waals surface area contributed by atoms with Gasteiger partial charge in [-0.2, -0.15) is 0 Å². The first-order valence-corrected chi connectivity index (χ1v) is 20.6. The van der Waals surface area contributed by atoms with E-state index in [1.165, 1.54) is 108 Å². The van der Waals surface area contributed by atoms with Crippen molar-refractivity contribution in [3.63, 3.8) is 0 Å². The van der Waals surface area contributed by atoms with Gasteiger partial charge in [-0.05, 0) is 172 Å².